The molecule has 0 atom stereocenters. The third-order valence-corrected chi connectivity index (χ3v) is 8.23. The van der Waals surface area contributed by atoms with Crippen LogP contribution >= 0.6 is 0 Å². The van der Waals surface area contributed by atoms with Gasteiger partial charge in [-0.1, -0.05) is 42.5 Å². The van der Waals surface area contributed by atoms with Crippen molar-refractivity contribution in [1.29, 1.82) is 0 Å². The van der Waals surface area contributed by atoms with E-state index >= 15 is 0 Å². The Balaban J connectivity index is 1.32. The number of nitrogens with two attached hydrogens (primary N) is 2. The number of carbonyl (C=O) groups excluding carboxylic acids is 2. The largest absolute Gasteiger partial charge is 0.506 e. The Morgan fingerprint density at radius 1 is 0.562 bits per heavy atom. The van der Waals surface area contributed by atoms with Crippen molar-refractivity contribution in [3.05, 3.63) is 120 Å². The fraction of sp³-hybridized carbons (Fsp3) is 0. The van der Waals surface area contributed by atoms with Gasteiger partial charge in [0.2, 0.25) is 11.8 Å². The maximum absolute atomic E-state index is 13.3. The van der Waals surface area contributed by atoms with Crippen molar-refractivity contribution in [3.8, 4) is 45.1 Å². The minimum Gasteiger partial charge on any atom is -0.506 e. The highest BCUT2D eigenvalue weighted by Crippen LogP contribution is 2.42. The summed E-state index contributed by atoms with van der Waals surface area (Å²) in [7, 11) is 0. The first-order valence-electron chi connectivity index (χ1n) is 14.8. The molecule has 8 rings (SSSR count). The Bertz CT molecular complexity index is 2560. The molecule has 8 aromatic rings. The molecule has 0 radical (unpaired) electrons. The van der Waals surface area contributed by atoms with E-state index in [9.17, 15) is 19.8 Å². The number of amides is 2. The normalized spacial score (nSPS) is 11.4. The van der Waals surface area contributed by atoms with Gasteiger partial charge >= 0.3 is 0 Å². The smallest absolute Gasteiger partial charge is 0.249 e. The molecule has 0 aliphatic carbocycles. The summed E-state index contributed by atoms with van der Waals surface area (Å²) >= 11 is 0. The fourth-order valence-electron chi connectivity index (χ4n) is 5.99. The number of aromatic hydroxyl groups is 2. The van der Waals surface area contributed by atoms with Crippen molar-refractivity contribution >= 4 is 44.7 Å². The summed E-state index contributed by atoms with van der Waals surface area (Å²) < 4.78 is 0. The molecule has 6 aromatic carbocycles. The number of hydrogen-bond acceptors (Lipinski definition) is 8. The lowest BCUT2D eigenvalue weighted by atomic mass is 9.86. The number of benzene rings is 6. The SMILES string of the molecule is NC(=O)c1ccc2c(-c3ccc(-n4nc5ccccc5n4)c(O)c3)c(C(N)=O)c(-c3ccc(-n4nc5ccccc5n4)c(O)c3)cc2c1. The molecule has 0 unspecified atom stereocenters. The van der Waals surface area contributed by atoms with Crippen molar-refractivity contribution in [2.75, 3.05) is 0 Å². The second-order valence-electron chi connectivity index (χ2n) is 11.2. The van der Waals surface area contributed by atoms with E-state index < -0.39 is 11.8 Å². The van der Waals surface area contributed by atoms with Crippen molar-refractivity contribution in [3.63, 3.8) is 0 Å². The number of primary amides is 2. The third kappa shape index (κ3) is 4.63. The molecule has 0 aliphatic heterocycles. The van der Waals surface area contributed by atoms with E-state index in [2.05, 4.69) is 20.4 Å². The molecular formula is C36H24N8O4. The van der Waals surface area contributed by atoms with E-state index in [0.29, 0.717) is 66.5 Å². The standard InChI is InChI=1S/C36H24N8O4/c37-35(47)21-9-12-23-22(15-21)16-24(19-10-13-29(31(45)17-19)43-39-25-5-1-2-6-26(25)40-43)34(36(38)48)33(23)20-11-14-30(32(46)18-20)44-41-27-7-3-4-8-28(27)42-44/h1-18,45-46H,(H2,37,47)(H2,38,48). The molecule has 232 valence electrons. The lowest BCUT2D eigenvalue weighted by Crippen LogP contribution is -2.15. The lowest BCUT2D eigenvalue weighted by Gasteiger charge is -2.18. The highest BCUT2D eigenvalue weighted by Gasteiger charge is 2.23. The van der Waals surface area contributed by atoms with Gasteiger partial charge in [-0.05, 0) is 94.2 Å². The molecule has 0 saturated carbocycles. The molecule has 2 heterocycles. The topological polar surface area (TPSA) is 188 Å². The summed E-state index contributed by atoms with van der Waals surface area (Å²) in [6.07, 6.45) is 0. The maximum atomic E-state index is 13.3. The van der Waals surface area contributed by atoms with Crippen LogP contribution in [-0.4, -0.2) is 52.0 Å². The molecule has 0 fully saturated rings. The third-order valence-electron chi connectivity index (χ3n) is 8.23. The van der Waals surface area contributed by atoms with Crippen LogP contribution in [0.15, 0.2) is 109 Å². The Kier molecular flexibility index (Phi) is 6.37. The number of aromatic nitrogens is 6. The minimum atomic E-state index is -0.743. The first kappa shape index (κ1) is 28.4. The van der Waals surface area contributed by atoms with Crippen LogP contribution in [0.4, 0.5) is 0 Å². The first-order chi connectivity index (χ1) is 23.2. The molecule has 2 aromatic heterocycles. The maximum Gasteiger partial charge on any atom is 0.249 e. The molecule has 0 aliphatic rings. The van der Waals surface area contributed by atoms with Gasteiger partial charge in [0.15, 0.2) is 0 Å². The average molecular weight is 633 g/mol. The highest BCUT2D eigenvalue weighted by molar-refractivity contribution is 6.15. The number of fused-ring (bicyclic) bond motifs is 3. The van der Waals surface area contributed by atoms with Gasteiger partial charge in [0.1, 0.15) is 44.9 Å². The van der Waals surface area contributed by atoms with Gasteiger partial charge in [-0.15, -0.1) is 30.0 Å². The molecule has 48 heavy (non-hydrogen) atoms. The molecule has 0 saturated heterocycles. The van der Waals surface area contributed by atoms with Crippen LogP contribution in [0.25, 0.3) is 66.5 Å². The summed E-state index contributed by atoms with van der Waals surface area (Å²) in [5.41, 5.74) is 17.1. The number of nitrogens with zero attached hydrogens (tertiary/aromatic N) is 6. The van der Waals surface area contributed by atoms with Crippen LogP contribution in [-0.2, 0) is 0 Å². The number of carbonyl (C=O) groups is 2. The second-order valence-corrected chi connectivity index (χ2v) is 11.2. The van der Waals surface area contributed by atoms with Crippen LogP contribution in [0, 0.1) is 0 Å². The van der Waals surface area contributed by atoms with Crippen molar-refractivity contribution in [2.45, 2.75) is 0 Å². The minimum absolute atomic E-state index is 0.138. The van der Waals surface area contributed by atoms with E-state index in [1.54, 1.807) is 48.5 Å². The highest BCUT2D eigenvalue weighted by atomic mass is 16.3. The van der Waals surface area contributed by atoms with Crippen LogP contribution in [0.1, 0.15) is 20.7 Å². The van der Waals surface area contributed by atoms with Gasteiger partial charge in [0, 0.05) is 11.1 Å². The number of rotatable bonds is 6. The van der Waals surface area contributed by atoms with Gasteiger partial charge in [-0.3, -0.25) is 9.59 Å². The van der Waals surface area contributed by atoms with Crippen molar-refractivity contribution < 1.29 is 19.8 Å². The molecule has 0 spiro atoms. The van der Waals surface area contributed by atoms with E-state index in [-0.39, 0.29) is 22.6 Å². The number of phenolic OH excluding ortho intramolecular Hbond substituents is 2. The molecule has 6 N–H and O–H groups in total. The molecule has 12 heteroatoms. The monoisotopic (exact) mass is 632 g/mol. The molecule has 2 amide bonds. The first-order valence-corrected chi connectivity index (χ1v) is 14.8. The quantitative estimate of drug-likeness (QED) is 0.191. The zero-order valence-corrected chi connectivity index (χ0v) is 24.9. The van der Waals surface area contributed by atoms with Crippen LogP contribution in [0.3, 0.4) is 0 Å². The van der Waals surface area contributed by atoms with Crippen molar-refractivity contribution in [1.82, 2.24) is 30.0 Å². The van der Waals surface area contributed by atoms with E-state index in [1.165, 1.54) is 21.7 Å². The Labute approximate surface area is 271 Å². The van der Waals surface area contributed by atoms with Crippen molar-refractivity contribution in [2.24, 2.45) is 11.5 Å². The number of hydrogen-bond donors (Lipinski definition) is 4. The van der Waals surface area contributed by atoms with Gasteiger partial charge in [0.05, 0.1) is 5.56 Å². The Morgan fingerprint density at radius 2 is 1.06 bits per heavy atom. The van der Waals surface area contributed by atoms with E-state index in [0.717, 1.165) is 0 Å². The summed E-state index contributed by atoms with van der Waals surface area (Å²) in [5, 5.41) is 41.4. The van der Waals surface area contributed by atoms with E-state index in [1.807, 2.05) is 48.5 Å². The summed E-state index contributed by atoms with van der Waals surface area (Å²) in [6.45, 7) is 0. The Morgan fingerprint density at radius 3 is 1.54 bits per heavy atom. The molecular weight excluding hydrogens is 608 g/mol. The van der Waals surface area contributed by atoms with Crippen LogP contribution in [0.5, 0.6) is 11.5 Å². The summed E-state index contributed by atoms with van der Waals surface area (Å²) in [5.74, 6) is -1.65. The van der Waals surface area contributed by atoms with E-state index in [4.69, 9.17) is 11.5 Å². The van der Waals surface area contributed by atoms with Gasteiger partial charge in [-0.2, -0.15) is 0 Å². The second kappa shape index (κ2) is 10.8. The number of phenols is 2. The zero-order chi connectivity index (χ0) is 33.1. The van der Waals surface area contributed by atoms with Gasteiger partial charge < -0.3 is 21.7 Å². The zero-order valence-electron chi connectivity index (χ0n) is 24.9. The van der Waals surface area contributed by atoms with Gasteiger partial charge in [0.25, 0.3) is 0 Å². The summed E-state index contributed by atoms with van der Waals surface area (Å²) in [4.78, 5) is 28.2. The lowest BCUT2D eigenvalue weighted by molar-refractivity contribution is 0.0992. The molecule has 0 bridgehead atoms. The fourth-order valence-corrected chi connectivity index (χ4v) is 5.99. The Hall–Kier alpha value is -7.08. The predicted molar refractivity (Wildman–Crippen MR) is 180 cm³/mol. The van der Waals surface area contributed by atoms with Gasteiger partial charge in [-0.25, -0.2) is 0 Å². The predicted octanol–water partition coefficient (Wildman–Crippen LogP) is 5.25. The molecule has 12 nitrogen and oxygen atoms in total. The average Bonchev–Trinajstić information content (AvgIpc) is 3.71. The summed E-state index contributed by atoms with van der Waals surface area (Å²) in [6, 6.07) is 31.0. The van der Waals surface area contributed by atoms with Crippen LogP contribution in [0.2, 0.25) is 0 Å². The van der Waals surface area contributed by atoms with Crippen LogP contribution < -0.4 is 11.5 Å².